The van der Waals surface area contributed by atoms with Crippen LogP contribution in [0.4, 0.5) is 0 Å². The smallest absolute Gasteiger partial charge is 0.261 e. The molecule has 0 saturated carbocycles. The molecule has 28 heavy (non-hydrogen) atoms. The maximum absolute atomic E-state index is 13.1. The van der Waals surface area contributed by atoms with E-state index in [0.29, 0.717) is 0 Å². The number of carbonyl (C=O) groups is 1. The van der Waals surface area contributed by atoms with Gasteiger partial charge in [-0.1, -0.05) is 18.9 Å². The van der Waals surface area contributed by atoms with Gasteiger partial charge in [-0.2, -0.15) is 11.8 Å². The van der Waals surface area contributed by atoms with E-state index in [2.05, 4.69) is 27.8 Å². The molecule has 0 radical (unpaired) electrons. The molecule has 0 aliphatic heterocycles. The maximum Gasteiger partial charge on any atom is 0.261 e. The van der Waals surface area contributed by atoms with Crippen LogP contribution in [0.2, 0.25) is 0 Å². The number of nitrogens with zero attached hydrogens (tertiary/aromatic N) is 3. The molecule has 1 aliphatic rings. The van der Waals surface area contributed by atoms with Crippen LogP contribution in [0.1, 0.15) is 64.1 Å². The highest BCUT2D eigenvalue weighted by atomic mass is 32.2. The third-order valence-electron chi connectivity index (χ3n) is 5.29. The van der Waals surface area contributed by atoms with Crippen LogP contribution in [0.5, 0.6) is 0 Å². The van der Waals surface area contributed by atoms with Gasteiger partial charge >= 0.3 is 0 Å². The number of carbonyl (C=O) groups excluding carboxylic acids is 1. The summed E-state index contributed by atoms with van der Waals surface area (Å²) in [6.07, 6.45) is 12.1. The monoisotopic (exact) mass is 414 g/mol. The van der Waals surface area contributed by atoms with Crippen LogP contribution < -0.4 is 5.32 Å². The topological polar surface area (TPSA) is 59.3 Å². The number of thioether (sulfide) groups is 1. The van der Waals surface area contributed by atoms with Crippen LogP contribution >= 0.6 is 23.1 Å². The molecule has 0 aromatic carbocycles. The summed E-state index contributed by atoms with van der Waals surface area (Å²) in [5, 5.41) is 11.9. The number of amides is 1. The lowest BCUT2D eigenvalue weighted by molar-refractivity contribution is 0.0938. The van der Waals surface area contributed by atoms with E-state index in [1.807, 2.05) is 28.8 Å². The molecule has 0 bridgehead atoms. The number of nitrogens with one attached hydrogen (secondary N) is 1. The highest BCUT2D eigenvalue weighted by molar-refractivity contribution is 7.98. The number of hydrogen-bond donors (Lipinski definition) is 1. The highest BCUT2D eigenvalue weighted by Crippen LogP contribution is 2.29. The molecule has 1 unspecified atom stereocenters. The van der Waals surface area contributed by atoms with Crippen molar-refractivity contribution in [2.45, 2.75) is 51.0 Å². The van der Waals surface area contributed by atoms with Crippen molar-refractivity contribution in [3.05, 3.63) is 51.6 Å². The Hall–Kier alpha value is -1.86. The lowest BCUT2D eigenvalue weighted by Gasteiger charge is -2.16. The number of thiophene rings is 1. The standard InChI is InChI=1S/C21H26N4OS2/c1-27-13-11-16(20-24-23-19-10-6-7-12-25(19)20)22-21(26)18-14-15-8-4-2-3-5-9-17(15)28-18/h6-7,10,12,14,16H,2-5,8-9,11,13H2,1H3,(H,22,26). The van der Waals surface area contributed by atoms with E-state index in [9.17, 15) is 4.79 Å². The molecule has 1 N–H and O–H groups in total. The Kier molecular flexibility index (Phi) is 6.32. The van der Waals surface area contributed by atoms with Gasteiger partial charge < -0.3 is 5.32 Å². The van der Waals surface area contributed by atoms with Crippen molar-refractivity contribution in [3.8, 4) is 0 Å². The highest BCUT2D eigenvalue weighted by Gasteiger charge is 2.23. The summed E-state index contributed by atoms with van der Waals surface area (Å²) in [6.45, 7) is 0. The third-order valence-corrected chi connectivity index (χ3v) is 7.17. The lowest BCUT2D eigenvalue weighted by Crippen LogP contribution is -2.30. The zero-order valence-electron chi connectivity index (χ0n) is 16.2. The first kappa shape index (κ1) is 19.5. The van der Waals surface area contributed by atoms with Gasteiger partial charge in [-0.3, -0.25) is 9.20 Å². The average Bonchev–Trinajstić information content (AvgIpc) is 3.29. The molecular weight excluding hydrogens is 388 g/mol. The minimum Gasteiger partial charge on any atom is -0.341 e. The summed E-state index contributed by atoms with van der Waals surface area (Å²) in [6, 6.07) is 7.82. The maximum atomic E-state index is 13.1. The number of aromatic nitrogens is 3. The van der Waals surface area contributed by atoms with Crippen LogP contribution in [0.15, 0.2) is 30.5 Å². The van der Waals surface area contributed by atoms with E-state index in [-0.39, 0.29) is 11.9 Å². The van der Waals surface area contributed by atoms with E-state index in [4.69, 9.17) is 0 Å². The zero-order chi connectivity index (χ0) is 19.3. The van der Waals surface area contributed by atoms with Crippen molar-refractivity contribution in [3.63, 3.8) is 0 Å². The third kappa shape index (κ3) is 4.25. The first-order valence-corrected chi connectivity index (χ1v) is 12.2. The fourth-order valence-electron chi connectivity index (χ4n) is 3.78. The van der Waals surface area contributed by atoms with Gasteiger partial charge in [0.05, 0.1) is 10.9 Å². The van der Waals surface area contributed by atoms with E-state index in [0.717, 1.165) is 41.4 Å². The Balaban J connectivity index is 1.57. The number of fused-ring (bicyclic) bond motifs is 2. The molecule has 1 amide bonds. The molecular formula is C21H26N4OS2. The van der Waals surface area contributed by atoms with E-state index in [1.54, 1.807) is 23.1 Å². The van der Waals surface area contributed by atoms with Crippen LogP contribution in [-0.4, -0.2) is 32.5 Å². The van der Waals surface area contributed by atoms with Crippen molar-refractivity contribution in [1.29, 1.82) is 0 Å². The van der Waals surface area contributed by atoms with E-state index in [1.165, 1.54) is 36.1 Å². The molecule has 3 heterocycles. The summed E-state index contributed by atoms with van der Waals surface area (Å²) in [4.78, 5) is 15.3. The Morgan fingerprint density at radius 2 is 2.11 bits per heavy atom. The largest absolute Gasteiger partial charge is 0.341 e. The number of pyridine rings is 1. The van der Waals surface area contributed by atoms with Gasteiger partial charge in [0.25, 0.3) is 5.91 Å². The first-order valence-electron chi connectivity index (χ1n) is 9.97. The van der Waals surface area contributed by atoms with Crippen LogP contribution in [-0.2, 0) is 12.8 Å². The number of aryl methyl sites for hydroxylation is 2. The fraction of sp³-hybridized carbons (Fsp3) is 0.476. The molecule has 5 nitrogen and oxygen atoms in total. The van der Waals surface area contributed by atoms with Crippen LogP contribution in [0.3, 0.4) is 0 Å². The number of hydrogen-bond acceptors (Lipinski definition) is 5. The summed E-state index contributed by atoms with van der Waals surface area (Å²) < 4.78 is 1.97. The Morgan fingerprint density at radius 3 is 2.96 bits per heavy atom. The Morgan fingerprint density at radius 1 is 1.25 bits per heavy atom. The Bertz CT molecular complexity index is 923. The Labute approximate surface area is 173 Å². The summed E-state index contributed by atoms with van der Waals surface area (Å²) >= 11 is 3.45. The normalized spacial score (nSPS) is 15.6. The molecule has 148 valence electrons. The molecule has 3 aromatic rings. The zero-order valence-corrected chi connectivity index (χ0v) is 17.8. The van der Waals surface area contributed by atoms with Gasteiger partial charge in [-0.15, -0.1) is 21.5 Å². The molecule has 7 heteroatoms. The summed E-state index contributed by atoms with van der Waals surface area (Å²) in [5.41, 5.74) is 2.18. The predicted molar refractivity (Wildman–Crippen MR) is 116 cm³/mol. The second-order valence-corrected chi connectivity index (χ2v) is 9.39. The van der Waals surface area contributed by atoms with Gasteiger partial charge in [0.15, 0.2) is 11.5 Å². The van der Waals surface area contributed by atoms with Crippen LogP contribution in [0, 0.1) is 0 Å². The molecule has 1 aliphatic carbocycles. The minimum absolute atomic E-state index is 0.00975. The van der Waals surface area contributed by atoms with Crippen LogP contribution in [0.25, 0.3) is 5.65 Å². The summed E-state index contributed by atoms with van der Waals surface area (Å²) in [5.74, 6) is 1.76. The van der Waals surface area contributed by atoms with E-state index < -0.39 is 0 Å². The molecule has 0 fully saturated rings. The van der Waals surface area contributed by atoms with Gasteiger partial charge in [0.1, 0.15) is 0 Å². The molecule has 1 atom stereocenters. The van der Waals surface area contributed by atoms with Crippen molar-refractivity contribution < 1.29 is 4.79 Å². The number of rotatable bonds is 6. The molecule has 3 aromatic heterocycles. The van der Waals surface area contributed by atoms with Gasteiger partial charge in [-0.05, 0) is 67.9 Å². The summed E-state index contributed by atoms with van der Waals surface area (Å²) in [7, 11) is 0. The van der Waals surface area contributed by atoms with Crippen molar-refractivity contribution in [2.75, 3.05) is 12.0 Å². The lowest BCUT2D eigenvalue weighted by atomic mass is 10.00. The second-order valence-electron chi connectivity index (χ2n) is 7.27. The van der Waals surface area contributed by atoms with Gasteiger partial charge in [0.2, 0.25) is 0 Å². The fourth-order valence-corrected chi connectivity index (χ4v) is 5.41. The molecule has 4 rings (SSSR count). The SMILES string of the molecule is CSCCC(NC(=O)c1cc2c(s1)CCCCCC2)c1nnc2ccccn12. The van der Waals surface area contributed by atoms with Crippen molar-refractivity contribution in [2.24, 2.45) is 0 Å². The molecule has 0 spiro atoms. The predicted octanol–water partition coefficient (Wildman–Crippen LogP) is 4.67. The van der Waals surface area contributed by atoms with Gasteiger partial charge in [0, 0.05) is 11.1 Å². The average molecular weight is 415 g/mol. The molecule has 0 saturated heterocycles. The van der Waals surface area contributed by atoms with Gasteiger partial charge in [-0.25, -0.2) is 0 Å². The quantitative estimate of drug-likeness (QED) is 0.636. The van der Waals surface area contributed by atoms with E-state index >= 15 is 0 Å². The van der Waals surface area contributed by atoms with Crippen molar-refractivity contribution >= 4 is 34.7 Å². The minimum atomic E-state index is -0.151. The second kappa shape index (κ2) is 9.09. The van der Waals surface area contributed by atoms with Crippen molar-refractivity contribution in [1.82, 2.24) is 19.9 Å². The first-order chi connectivity index (χ1) is 13.8.